The minimum Gasteiger partial charge on any atom is -0.392 e. The summed E-state index contributed by atoms with van der Waals surface area (Å²) in [5, 5.41) is 10.9. The predicted molar refractivity (Wildman–Crippen MR) is 75.3 cm³/mol. The molecule has 0 spiro atoms. The number of hydrogen-bond donors (Lipinski definition) is 1. The van der Waals surface area contributed by atoms with Crippen LogP contribution in [0.15, 0.2) is 0 Å². The molecule has 1 aliphatic heterocycles. The van der Waals surface area contributed by atoms with Gasteiger partial charge in [0.2, 0.25) is 0 Å². The maximum absolute atomic E-state index is 10.4. The van der Waals surface area contributed by atoms with Crippen molar-refractivity contribution in [2.24, 2.45) is 11.8 Å². The molecular weight excluding hydrogens is 236 g/mol. The van der Waals surface area contributed by atoms with Crippen LogP contribution in [-0.2, 0) is 0 Å². The summed E-state index contributed by atoms with van der Waals surface area (Å²) < 4.78 is 0. The van der Waals surface area contributed by atoms with Crippen molar-refractivity contribution in [2.45, 2.75) is 50.4 Å². The first-order valence-corrected chi connectivity index (χ1v) is 8.89. The highest BCUT2D eigenvalue weighted by Crippen LogP contribution is 2.37. The molecule has 16 heavy (non-hydrogen) atoms. The van der Waals surface area contributed by atoms with E-state index in [2.05, 4.69) is 6.92 Å². The normalized spacial score (nSPS) is 38.2. The Labute approximate surface area is 108 Å². The number of rotatable bonds is 3. The molecule has 1 heterocycles. The smallest absolute Gasteiger partial charge is 0.0694 e. The van der Waals surface area contributed by atoms with Gasteiger partial charge in [-0.3, -0.25) is 0 Å². The van der Waals surface area contributed by atoms with E-state index in [0.717, 1.165) is 5.92 Å². The van der Waals surface area contributed by atoms with Crippen LogP contribution in [0, 0.1) is 11.8 Å². The Morgan fingerprint density at radius 2 is 1.94 bits per heavy atom. The van der Waals surface area contributed by atoms with Crippen LogP contribution < -0.4 is 0 Å². The lowest BCUT2D eigenvalue weighted by atomic mass is 9.78. The second-order valence-electron chi connectivity index (χ2n) is 5.16. The van der Waals surface area contributed by atoms with Crippen LogP contribution in [0.3, 0.4) is 0 Å². The monoisotopic (exact) mass is 260 g/mol. The summed E-state index contributed by atoms with van der Waals surface area (Å²) in [4.78, 5) is 0. The molecule has 2 unspecified atom stereocenters. The van der Waals surface area contributed by atoms with E-state index in [1.165, 1.54) is 49.4 Å². The average Bonchev–Trinajstić information content (AvgIpc) is 2.39. The van der Waals surface area contributed by atoms with Gasteiger partial charge in [-0.1, -0.05) is 26.2 Å². The Morgan fingerprint density at radius 3 is 2.50 bits per heavy atom. The summed E-state index contributed by atoms with van der Waals surface area (Å²) in [6.45, 7) is 2.30. The fraction of sp³-hybridized carbons (Fsp3) is 1.00. The molecular formula is C13H24OS2. The summed E-state index contributed by atoms with van der Waals surface area (Å²) in [6.07, 6.45) is 6.53. The molecule has 3 heteroatoms. The van der Waals surface area contributed by atoms with Crippen LogP contribution in [0.4, 0.5) is 0 Å². The predicted octanol–water partition coefficient (Wildman–Crippen LogP) is 3.41. The van der Waals surface area contributed by atoms with Crippen LogP contribution in [-0.4, -0.2) is 33.7 Å². The Hall–Kier alpha value is 0.660. The molecule has 2 aliphatic rings. The van der Waals surface area contributed by atoms with Crippen molar-refractivity contribution in [3.63, 3.8) is 0 Å². The summed E-state index contributed by atoms with van der Waals surface area (Å²) in [5.41, 5.74) is 0. The molecule has 1 N–H and O–H groups in total. The number of hydrogen-bond acceptors (Lipinski definition) is 3. The van der Waals surface area contributed by atoms with Crippen molar-refractivity contribution in [1.29, 1.82) is 0 Å². The van der Waals surface area contributed by atoms with E-state index in [0.29, 0.717) is 11.2 Å². The molecule has 0 bridgehead atoms. The van der Waals surface area contributed by atoms with Gasteiger partial charge >= 0.3 is 0 Å². The first-order valence-electron chi connectivity index (χ1n) is 6.68. The minimum atomic E-state index is -0.0318. The van der Waals surface area contributed by atoms with Gasteiger partial charge in [-0.25, -0.2) is 0 Å². The largest absolute Gasteiger partial charge is 0.392 e. The van der Waals surface area contributed by atoms with Gasteiger partial charge in [-0.05, 0) is 24.7 Å². The first kappa shape index (κ1) is 13.1. The summed E-state index contributed by atoms with van der Waals surface area (Å²) in [5.74, 6) is 5.21. The van der Waals surface area contributed by atoms with Crippen molar-refractivity contribution in [2.75, 3.05) is 17.3 Å². The molecule has 2 rings (SSSR count). The zero-order valence-corrected chi connectivity index (χ0v) is 11.9. The van der Waals surface area contributed by atoms with Gasteiger partial charge in [0.15, 0.2) is 0 Å². The standard InChI is InChI=1S/C13H24OS2/c1-2-10-3-5-11(6-4-10)13(14)12-9-15-7-8-16-12/h10-14H,2-9H2,1H3. The second-order valence-corrected chi connectivity index (χ2v) is 7.66. The van der Waals surface area contributed by atoms with E-state index in [1.54, 1.807) is 0 Å². The van der Waals surface area contributed by atoms with Gasteiger partial charge in [-0.2, -0.15) is 23.5 Å². The topological polar surface area (TPSA) is 20.2 Å². The van der Waals surface area contributed by atoms with Crippen LogP contribution in [0.5, 0.6) is 0 Å². The SMILES string of the molecule is CCC1CCC(C(O)C2CSCCS2)CC1. The third-order valence-electron chi connectivity index (χ3n) is 4.17. The minimum absolute atomic E-state index is 0.0318. The van der Waals surface area contributed by atoms with Gasteiger partial charge < -0.3 is 5.11 Å². The van der Waals surface area contributed by atoms with Crippen molar-refractivity contribution in [3.05, 3.63) is 0 Å². The van der Waals surface area contributed by atoms with Crippen LogP contribution in [0.1, 0.15) is 39.0 Å². The number of thioether (sulfide) groups is 2. The molecule has 2 atom stereocenters. The van der Waals surface area contributed by atoms with E-state index in [1.807, 2.05) is 23.5 Å². The van der Waals surface area contributed by atoms with Crippen molar-refractivity contribution in [3.8, 4) is 0 Å². The highest BCUT2D eigenvalue weighted by molar-refractivity contribution is 8.06. The lowest BCUT2D eigenvalue weighted by Gasteiger charge is -2.35. The molecule has 94 valence electrons. The highest BCUT2D eigenvalue weighted by atomic mass is 32.2. The summed E-state index contributed by atoms with van der Waals surface area (Å²) >= 11 is 4.02. The Bertz CT molecular complexity index is 196. The van der Waals surface area contributed by atoms with Crippen molar-refractivity contribution < 1.29 is 5.11 Å². The third-order valence-corrected chi connectivity index (χ3v) is 7.04. The van der Waals surface area contributed by atoms with Crippen molar-refractivity contribution >= 4 is 23.5 Å². The van der Waals surface area contributed by atoms with E-state index in [9.17, 15) is 5.11 Å². The van der Waals surface area contributed by atoms with Crippen LogP contribution in [0.2, 0.25) is 0 Å². The fourth-order valence-electron chi connectivity index (χ4n) is 2.94. The summed E-state index contributed by atoms with van der Waals surface area (Å²) in [7, 11) is 0. The van der Waals surface area contributed by atoms with E-state index in [-0.39, 0.29) is 6.10 Å². The number of aliphatic hydroxyl groups is 1. The zero-order chi connectivity index (χ0) is 11.4. The van der Waals surface area contributed by atoms with E-state index in [4.69, 9.17) is 0 Å². The van der Waals surface area contributed by atoms with Crippen LogP contribution >= 0.6 is 23.5 Å². The molecule has 0 radical (unpaired) electrons. The molecule has 2 fully saturated rings. The molecule has 1 saturated heterocycles. The molecule has 0 aromatic carbocycles. The second kappa shape index (κ2) is 6.55. The maximum Gasteiger partial charge on any atom is 0.0694 e. The lowest BCUT2D eigenvalue weighted by molar-refractivity contribution is 0.0753. The lowest BCUT2D eigenvalue weighted by Crippen LogP contribution is -2.37. The molecule has 1 saturated carbocycles. The first-order chi connectivity index (χ1) is 7.81. The molecule has 1 nitrogen and oxygen atoms in total. The quantitative estimate of drug-likeness (QED) is 0.840. The third kappa shape index (κ3) is 3.33. The van der Waals surface area contributed by atoms with Gasteiger partial charge in [-0.15, -0.1) is 0 Å². The van der Waals surface area contributed by atoms with Crippen LogP contribution in [0.25, 0.3) is 0 Å². The van der Waals surface area contributed by atoms with Crippen molar-refractivity contribution in [1.82, 2.24) is 0 Å². The van der Waals surface area contributed by atoms with E-state index >= 15 is 0 Å². The molecule has 1 aliphatic carbocycles. The maximum atomic E-state index is 10.4. The zero-order valence-electron chi connectivity index (χ0n) is 10.2. The summed E-state index contributed by atoms with van der Waals surface area (Å²) in [6, 6.07) is 0. The molecule has 0 aromatic rings. The van der Waals surface area contributed by atoms with Gasteiger partial charge in [0.1, 0.15) is 0 Å². The van der Waals surface area contributed by atoms with Gasteiger partial charge in [0.25, 0.3) is 0 Å². The average molecular weight is 260 g/mol. The van der Waals surface area contributed by atoms with E-state index < -0.39 is 0 Å². The van der Waals surface area contributed by atoms with Gasteiger partial charge in [0, 0.05) is 22.5 Å². The molecule has 0 amide bonds. The Balaban J connectivity index is 1.78. The van der Waals surface area contributed by atoms with Gasteiger partial charge in [0.05, 0.1) is 6.10 Å². The Kier molecular flexibility index (Phi) is 5.37. The highest BCUT2D eigenvalue weighted by Gasteiger charge is 2.32. The Morgan fingerprint density at radius 1 is 1.19 bits per heavy atom. The fourth-order valence-corrected chi connectivity index (χ4v) is 5.79. The number of aliphatic hydroxyl groups excluding tert-OH is 1. The molecule has 0 aromatic heterocycles.